The highest BCUT2D eigenvalue weighted by Gasteiger charge is 2.20. The Hall–Kier alpha value is -2.93. The van der Waals surface area contributed by atoms with E-state index in [4.69, 9.17) is 14.5 Å². The first-order chi connectivity index (χ1) is 14.5. The van der Waals surface area contributed by atoms with Crippen LogP contribution in [0.1, 0.15) is 67.3 Å². The monoisotopic (exact) mass is 408 g/mol. The van der Waals surface area contributed by atoms with Gasteiger partial charge in [0.05, 0.1) is 12.3 Å². The summed E-state index contributed by atoms with van der Waals surface area (Å²) in [4.78, 5) is 22.1. The minimum absolute atomic E-state index is 0.252. The van der Waals surface area contributed by atoms with E-state index in [-0.39, 0.29) is 11.8 Å². The molecule has 1 aliphatic heterocycles. The summed E-state index contributed by atoms with van der Waals surface area (Å²) in [6.45, 7) is 8.07. The molecule has 7 nitrogen and oxygen atoms in total. The largest absolute Gasteiger partial charge is 0.491 e. The Morgan fingerprint density at radius 1 is 1.27 bits per heavy atom. The van der Waals surface area contributed by atoms with E-state index in [1.165, 1.54) is 0 Å². The molecule has 1 saturated heterocycles. The standard InChI is InChI=1S/C23H28N4O3/c1-4-30-21-12-22-25-19(16-8-10-29-11-9-16)13-27(22)14-20(21)26-23(28)18-7-5-6-17(24-18)15(2)3/h5-7,12-16H,4,8-11H2,1-3H3,(H,26,28). The molecule has 1 fully saturated rings. The second-order valence-corrected chi connectivity index (χ2v) is 7.86. The predicted octanol–water partition coefficient (Wildman–Crippen LogP) is 4.40. The van der Waals surface area contributed by atoms with Crippen LogP contribution in [0.15, 0.2) is 36.7 Å². The molecule has 1 amide bonds. The maximum Gasteiger partial charge on any atom is 0.274 e. The molecule has 0 atom stereocenters. The fourth-order valence-corrected chi connectivity index (χ4v) is 3.68. The van der Waals surface area contributed by atoms with Gasteiger partial charge in [-0.2, -0.15) is 0 Å². The molecule has 30 heavy (non-hydrogen) atoms. The van der Waals surface area contributed by atoms with Gasteiger partial charge in [0.1, 0.15) is 22.8 Å². The highest BCUT2D eigenvalue weighted by atomic mass is 16.5. The van der Waals surface area contributed by atoms with E-state index in [1.54, 1.807) is 6.07 Å². The minimum atomic E-state index is -0.262. The topological polar surface area (TPSA) is 77.8 Å². The minimum Gasteiger partial charge on any atom is -0.491 e. The van der Waals surface area contributed by atoms with Crippen molar-refractivity contribution in [3.8, 4) is 5.75 Å². The number of ether oxygens (including phenoxy) is 2. The van der Waals surface area contributed by atoms with Crippen molar-refractivity contribution in [2.75, 3.05) is 25.1 Å². The maximum atomic E-state index is 12.9. The van der Waals surface area contributed by atoms with Gasteiger partial charge in [-0.05, 0) is 37.8 Å². The average molecular weight is 409 g/mol. The van der Waals surface area contributed by atoms with Crippen molar-refractivity contribution in [2.24, 2.45) is 0 Å². The van der Waals surface area contributed by atoms with Crippen molar-refractivity contribution in [1.29, 1.82) is 0 Å². The van der Waals surface area contributed by atoms with Crippen molar-refractivity contribution in [2.45, 2.75) is 45.4 Å². The van der Waals surface area contributed by atoms with E-state index >= 15 is 0 Å². The number of amides is 1. The number of nitrogens with one attached hydrogen (secondary N) is 1. The Labute approximate surface area is 176 Å². The van der Waals surface area contributed by atoms with Crippen molar-refractivity contribution < 1.29 is 14.3 Å². The fourth-order valence-electron chi connectivity index (χ4n) is 3.68. The Morgan fingerprint density at radius 3 is 2.80 bits per heavy atom. The molecular weight excluding hydrogens is 380 g/mol. The first-order valence-corrected chi connectivity index (χ1v) is 10.6. The Balaban J connectivity index is 1.64. The number of anilines is 1. The number of rotatable bonds is 6. The second kappa shape index (κ2) is 8.83. The van der Waals surface area contributed by atoms with Gasteiger partial charge in [-0.15, -0.1) is 0 Å². The maximum absolute atomic E-state index is 12.9. The summed E-state index contributed by atoms with van der Waals surface area (Å²) in [6.07, 6.45) is 5.85. The fraction of sp³-hybridized carbons (Fsp3) is 0.435. The summed E-state index contributed by atoms with van der Waals surface area (Å²) >= 11 is 0. The number of aromatic nitrogens is 3. The molecule has 0 radical (unpaired) electrons. The van der Waals surface area contributed by atoms with Crippen LogP contribution < -0.4 is 10.1 Å². The van der Waals surface area contributed by atoms with Gasteiger partial charge in [0.25, 0.3) is 5.91 Å². The lowest BCUT2D eigenvalue weighted by Crippen LogP contribution is -2.16. The Morgan fingerprint density at radius 2 is 2.07 bits per heavy atom. The summed E-state index contributed by atoms with van der Waals surface area (Å²) < 4.78 is 13.2. The summed E-state index contributed by atoms with van der Waals surface area (Å²) in [5, 5.41) is 2.96. The molecule has 0 spiro atoms. The number of hydrogen-bond acceptors (Lipinski definition) is 5. The lowest BCUT2D eigenvalue weighted by Gasteiger charge is -2.19. The number of carbonyl (C=O) groups is 1. The summed E-state index contributed by atoms with van der Waals surface area (Å²) in [5.74, 6) is 0.989. The zero-order valence-corrected chi connectivity index (χ0v) is 17.7. The molecule has 3 aromatic rings. The van der Waals surface area contributed by atoms with Gasteiger partial charge in [-0.3, -0.25) is 4.79 Å². The number of carbonyl (C=O) groups excluding carboxylic acids is 1. The lowest BCUT2D eigenvalue weighted by molar-refractivity contribution is 0.0846. The second-order valence-electron chi connectivity index (χ2n) is 7.86. The molecule has 1 aliphatic rings. The molecule has 0 aliphatic carbocycles. The highest BCUT2D eigenvalue weighted by Crippen LogP contribution is 2.30. The smallest absolute Gasteiger partial charge is 0.274 e. The van der Waals surface area contributed by atoms with E-state index in [2.05, 4.69) is 24.1 Å². The van der Waals surface area contributed by atoms with Crippen LogP contribution in [-0.2, 0) is 4.74 Å². The Bertz CT molecular complexity index is 1040. The summed E-state index contributed by atoms with van der Waals surface area (Å²) in [7, 11) is 0. The molecule has 4 rings (SSSR count). The van der Waals surface area contributed by atoms with E-state index in [0.29, 0.717) is 29.7 Å². The molecule has 4 heterocycles. The first kappa shape index (κ1) is 20.3. The van der Waals surface area contributed by atoms with Crippen LogP contribution in [0.4, 0.5) is 5.69 Å². The SMILES string of the molecule is CCOc1cc2nc(C3CCOCC3)cn2cc1NC(=O)c1cccc(C(C)C)n1. The average Bonchev–Trinajstić information content (AvgIpc) is 3.17. The van der Waals surface area contributed by atoms with Crippen LogP contribution in [0.25, 0.3) is 5.65 Å². The molecule has 158 valence electrons. The number of fused-ring (bicyclic) bond motifs is 1. The predicted molar refractivity (Wildman–Crippen MR) is 115 cm³/mol. The number of hydrogen-bond donors (Lipinski definition) is 1. The summed E-state index contributed by atoms with van der Waals surface area (Å²) in [6, 6.07) is 7.39. The zero-order chi connectivity index (χ0) is 21.1. The van der Waals surface area contributed by atoms with Crippen LogP contribution in [0.5, 0.6) is 5.75 Å². The van der Waals surface area contributed by atoms with Crippen molar-refractivity contribution in [3.05, 3.63) is 53.7 Å². The lowest BCUT2D eigenvalue weighted by atomic mass is 9.97. The van der Waals surface area contributed by atoms with Crippen LogP contribution in [0.2, 0.25) is 0 Å². The normalized spacial score (nSPS) is 14.9. The quantitative estimate of drug-likeness (QED) is 0.654. The van der Waals surface area contributed by atoms with Crippen LogP contribution in [-0.4, -0.2) is 40.1 Å². The van der Waals surface area contributed by atoms with Crippen LogP contribution >= 0.6 is 0 Å². The number of imidazole rings is 1. The molecule has 3 aromatic heterocycles. The van der Waals surface area contributed by atoms with Gasteiger partial charge in [0.2, 0.25) is 0 Å². The molecule has 1 N–H and O–H groups in total. The molecule has 7 heteroatoms. The van der Waals surface area contributed by atoms with Gasteiger partial charge in [0, 0.05) is 43.3 Å². The van der Waals surface area contributed by atoms with Gasteiger partial charge in [0.15, 0.2) is 0 Å². The number of pyridine rings is 2. The Kier molecular flexibility index (Phi) is 5.99. The number of nitrogens with zero attached hydrogens (tertiary/aromatic N) is 3. The third-order valence-corrected chi connectivity index (χ3v) is 5.36. The van der Waals surface area contributed by atoms with E-state index in [0.717, 1.165) is 43.1 Å². The van der Waals surface area contributed by atoms with E-state index < -0.39 is 0 Å². The van der Waals surface area contributed by atoms with Crippen molar-refractivity contribution in [1.82, 2.24) is 14.4 Å². The highest BCUT2D eigenvalue weighted by molar-refractivity contribution is 6.03. The third-order valence-electron chi connectivity index (χ3n) is 5.36. The van der Waals surface area contributed by atoms with Gasteiger partial charge >= 0.3 is 0 Å². The van der Waals surface area contributed by atoms with Gasteiger partial charge in [-0.25, -0.2) is 9.97 Å². The molecule has 0 unspecified atom stereocenters. The van der Waals surface area contributed by atoms with Crippen LogP contribution in [0, 0.1) is 0 Å². The summed E-state index contributed by atoms with van der Waals surface area (Å²) in [5.41, 5.74) is 3.73. The molecule has 0 aromatic carbocycles. The van der Waals surface area contributed by atoms with E-state index in [1.807, 2.05) is 41.9 Å². The van der Waals surface area contributed by atoms with Gasteiger partial charge in [-0.1, -0.05) is 19.9 Å². The first-order valence-electron chi connectivity index (χ1n) is 10.6. The van der Waals surface area contributed by atoms with E-state index in [9.17, 15) is 4.79 Å². The molecule has 0 saturated carbocycles. The zero-order valence-electron chi connectivity index (χ0n) is 17.7. The van der Waals surface area contributed by atoms with Crippen LogP contribution in [0.3, 0.4) is 0 Å². The third kappa shape index (κ3) is 4.31. The van der Waals surface area contributed by atoms with Crippen molar-refractivity contribution in [3.63, 3.8) is 0 Å². The van der Waals surface area contributed by atoms with Crippen molar-refractivity contribution >= 4 is 17.2 Å². The van der Waals surface area contributed by atoms with Gasteiger partial charge < -0.3 is 19.2 Å². The molecule has 0 bridgehead atoms. The molecular formula is C23H28N4O3.